The molecule has 7 nitrogen and oxygen atoms in total. The van der Waals surface area contributed by atoms with Crippen molar-refractivity contribution in [3.8, 4) is 22.6 Å². The van der Waals surface area contributed by atoms with E-state index in [4.69, 9.17) is 17.0 Å². The molecule has 0 saturated heterocycles. The third-order valence-electron chi connectivity index (χ3n) is 4.74. The molecule has 1 heterocycles. The molecule has 3 aromatic carbocycles. The number of hydrogen-bond acceptors (Lipinski definition) is 4. The topological polar surface area (TPSA) is 88.2 Å². The molecule has 0 radical (unpaired) electrons. The summed E-state index contributed by atoms with van der Waals surface area (Å²) in [4.78, 5) is 27.7. The molecule has 2 amide bonds. The van der Waals surface area contributed by atoms with Gasteiger partial charge in [0.1, 0.15) is 17.3 Å². The summed E-state index contributed by atoms with van der Waals surface area (Å²) in [7, 11) is 0. The molecule has 3 N–H and O–H groups in total. The second-order valence-corrected chi connectivity index (χ2v) is 7.33. The number of ether oxygens (including phenoxy) is 1. The number of aromatic nitrogens is 2. The number of carbonyl (C=O) groups is 2. The Morgan fingerprint density at radius 1 is 0.939 bits per heavy atom. The Balaban J connectivity index is 1.39. The molecule has 166 valence electrons. The minimum atomic E-state index is -0.607. The number of nitrogens with zero attached hydrogens (tertiary/aromatic N) is 1. The second kappa shape index (κ2) is 9.92. The predicted molar refractivity (Wildman–Crippen MR) is 124 cm³/mol. The molecule has 0 fully saturated rings. The first-order valence-corrected chi connectivity index (χ1v) is 10.4. The first kappa shape index (κ1) is 22.0. The molecule has 0 bridgehead atoms. The van der Waals surface area contributed by atoms with Crippen molar-refractivity contribution in [2.45, 2.75) is 0 Å². The van der Waals surface area contributed by atoms with Gasteiger partial charge in [0.2, 0.25) is 0 Å². The highest BCUT2D eigenvalue weighted by atomic mass is 32.1. The van der Waals surface area contributed by atoms with Crippen LogP contribution in [0.3, 0.4) is 0 Å². The summed E-state index contributed by atoms with van der Waals surface area (Å²) in [6, 6.07) is 22.5. The van der Waals surface area contributed by atoms with Crippen LogP contribution in [-0.2, 0) is 4.79 Å². The number of amides is 2. The first-order valence-electron chi connectivity index (χ1n) is 9.96. The van der Waals surface area contributed by atoms with Gasteiger partial charge in [0.15, 0.2) is 11.4 Å². The van der Waals surface area contributed by atoms with Gasteiger partial charge in [-0.1, -0.05) is 48.5 Å². The van der Waals surface area contributed by atoms with Gasteiger partial charge in [-0.15, -0.1) is 0 Å². The number of hydrazine groups is 1. The smallest absolute Gasteiger partial charge is 0.288 e. The van der Waals surface area contributed by atoms with E-state index >= 15 is 0 Å². The van der Waals surface area contributed by atoms with Crippen LogP contribution in [0.5, 0.6) is 5.75 Å². The number of imidazole rings is 1. The number of aromatic amines is 1. The maximum absolute atomic E-state index is 13.2. The van der Waals surface area contributed by atoms with E-state index in [2.05, 4.69) is 15.8 Å². The molecule has 1 aromatic heterocycles. The Morgan fingerprint density at radius 2 is 1.64 bits per heavy atom. The summed E-state index contributed by atoms with van der Waals surface area (Å²) in [5.41, 5.74) is 7.11. The van der Waals surface area contributed by atoms with Gasteiger partial charge in [-0.3, -0.25) is 25.0 Å². The summed E-state index contributed by atoms with van der Waals surface area (Å²) in [6.45, 7) is -0.304. The standard InChI is InChI=1S/C24H19FN4O3S/c25-17-10-12-18(13-11-17)29-20(14-26-24(29)33)23(31)28-27-22(30)15-32-21-9-5-4-8-19(21)16-6-2-1-3-7-16/h1-14H,15H2,(H,26,33)(H,27,30)(H,28,31). The molecule has 0 aliphatic heterocycles. The van der Waals surface area contributed by atoms with E-state index in [1.165, 1.54) is 35.0 Å². The van der Waals surface area contributed by atoms with Crippen LogP contribution in [0, 0.1) is 10.6 Å². The minimum Gasteiger partial charge on any atom is -0.483 e. The van der Waals surface area contributed by atoms with E-state index in [1.807, 2.05) is 48.5 Å². The molecule has 9 heteroatoms. The monoisotopic (exact) mass is 462 g/mol. The molecule has 0 atom stereocenters. The van der Waals surface area contributed by atoms with Crippen LogP contribution < -0.4 is 15.6 Å². The largest absolute Gasteiger partial charge is 0.483 e. The van der Waals surface area contributed by atoms with Crippen LogP contribution in [0.15, 0.2) is 85.1 Å². The summed E-state index contributed by atoms with van der Waals surface area (Å²) < 4.78 is 20.6. The molecule has 0 unspecified atom stereocenters. The highest BCUT2D eigenvalue weighted by Gasteiger charge is 2.16. The van der Waals surface area contributed by atoms with Gasteiger partial charge >= 0.3 is 0 Å². The number of rotatable bonds is 6. The van der Waals surface area contributed by atoms with Gasteiger partial charge in [0.25, 0.3) is 11.8 Å². The van der Waals surface area contributed by atoms with Crippen LogP contribution in [0.1, 0.15) is 10.5 Å². The second-order valence-electron chi connectivity index (χ2n) is 6.94. The van der Waals surface area contributed by atoms with E-state index in [-0.39, 0.29) is 17.1 Å². The molecule has 0 aliphatic carbocycles. The molecule has 0 spiro atoms. The van der Waals surface area contributed by atoms with Crippen molar-refractivity contribution in [1.82, 2.24) is 20.4 Å². The fourth-order valence-electron chi connectivity index (χ4n) is 3.20. The third-order valence-corrected chi connectivity index (χ3v) is 5.04. The predicted octanol–water partition coefficient (Wildman–Crippen LogP) is 4.18. The van der Waals surface area contributed by atoms with Crippen LogP contribution >= 0.6 is 12.2 Å². The molecular formula is C24H19FN4O3S. The molecule has 33 heavy (non-hydrogen) atoms. The van der Waals surface area contributed by atoms with Crippen LogP contribution in [-0.4, -0.2) is 28.0 Å². The van der Waals surface area contributed by atoms with E-state index < -0.39 is 17.6 Å². The van der Waals surface area contributed by atoms with Gasteiger partial charge < -0.3 is 9.72 Å². The molecule has 4 aromatic rings. The lowest BCUT2D eigenvalue weighted by Gasteiger charge is -2.13. The Kier molecular flexibility index (Phi) is 6.61. The highest BCUT2D eigenvalue weighted by Crippen LogP contribution is 2.29. The van der Waals surface area contributed by atoms with Gasteiger partial charge in [0, 0.05) is 17.4 Å². The summed E-state index contributed by atoms with van der Waals surface area (Å²) >= 11 is 5.22. The van der Waals surface area contributed by atoms with Crippen molar-refractivity contribution in [3.05, 3.63) is 101 Å². The van der Waals surface area contributed by atoms with Gasteiger partial charge in [0.05, 0.1) is 0 Å². The lowest BCUT2D eigenvalue weighted by molar-refractivity contribution is -0.123. The Hall–Kier alpha value is -4.24. The Bertz CT molecular complexity index is 1330. The van der Waals surface area contributed by atoms with E-state index in [0.29, 0.717) is 11.4 Å². The normalized spacial score (nSPS) is 10.5. The minimum absolute atomic E-state index is 0.141. The van der Waals surface area contributed by atoms with Crippen molar-refractivity contribution in [3.63, 3.8) is 0 Å². The number of para-hydroxylation sites is 1. The van der Waals surface area contributed by atoms with Gasteiger partial charge in [-0.2, -0.15) is 0 Å². The van der Waals surface area contributed by atoms with E-state index in [0.717, 1.165) is 11.1 Å². The number of H-pyrrole nitrogens is 1. The van der Waals surface area contributed by atoms with Gasteiger partial charge in [-0.05, 0) is 48.1 Å². The van der Waals surface area contributed by atoms with Crippen molar-refractivity contribution in [2.24, 2.45) is 0 Å². The van der Waals surface area contributed by atoms with Crippen molar-refractivity contribution >= 4 is 24.0 Å². The maximum Gasteiger partial charge on any atom is 0.288 e. The fourth-order valence-corrected chi connectivity index (χ4v) is 3.46. The number of carbonyl (C=O) groups excluding carboxylic acids is 2. The zero-order chi connectivity index (χ0) is 23.2. The lowest BCUT2D eigenvalue weighted by Crippen LogP contribution is -2.44. The van der Waals surface area contributed by atoms with Gasteiger partial charge in [-0.25, -0.2) is 4.39 Å². The van der Waals surface area contributed by atoms with E-state index in [1.54, 1.807) is 6.07 Å². The fraction of sp³-hybridized carbons (Fsp3) is 0.0417. The van der Waals surface area contributed by atoms with E-state index in [9.17, 15) is 14.0 Å². The zero-order valence-corrected chi connectivity index (χ0v) is 18.1. The molecule has 0 saturated carbocycles. The number of halogens is 1. The SMILES string of the molecule is O=C(COc1ccccc1-c1ccccc1)NNC(=O)c1c[nH]c(=S)n1-c1ccc(F)cc1. The van der Waals surface area contributed by atoms with Crippen molar-refractivity contribution in [1.29, 1.82) is 0 Å². The molecule has 4 rings (SSSR count). The zero-order valence-electron chi connectivity index (χ0n) is 17.2. The maximum atomic E-state index is 13.2. The molecular weight excluding hydrogens is 443 g/mol. The lowest BCUT2D eigenvalue weighted by atomic mass is 10.1. The Labute approximate surface area is 193 Å². The van der Waals surface area contributed by atoms with Crippen LogP contribution in [0.2, 0.25) is 0 Å². The quantitative estimate of drug-likeness (QED) is 0.296. The average molecular weight is 463 g/mol. The average Bonchev–Trinajstić information content (AvgIpc) is 3.24. The van der Waals surface area contributed by atoms with Crippen molar-refractivity contribution in [2.75, 3.05) is 6.61 Å². The number of hydrogen-bond donors (Lipinski definition) is 3. The molecule has 0 aliphatic rings. The Morgan fingerprint density at radius 3 is 2.39 bits per heavy atom. The van der Waals surface area contributed by atoms with Crippen molar-refractivity contribution < 1.29 is 18.7 Å². The van der Waals surface area contributed by atoms with Crippen LogP contribution in [0.4, 0.5) is 4.39 Å². The number of benzene rings is 3. The number of nitrogens with one attached hydrogen (secondary N) is 3. The summed E-state index contributed by atoms with van der Waals surface area (Å²) in [5.74, 6) is -1.02. The highest BCUT2D eigenvalue weighted by molar-refractivity contribution is 7.71. The third kappa shape index (κ3) is 5.16. The summed E-state index contributed by atoms with van der Waals surface area (Å²) in [6.07, 6.45) is 1.40. The summed E-state index contributed by atoms with van der Waals surface area (Å²) in [5, 5.41) is 0. The first-order chi connectivity index (χ1) is 16.0. The van der Waals surface area contributed by atoms with Crippen LogP contribution in [0.25, 0.3) is 16.8 Å².